The van der Waals surface area contributed by atoms with Crippen LogP contribution in [0.1, 0.15) is 16.1 Å². The van der Waals surface area contributed by atoms with Gasteiger partial charge in [-0.3, -0.25) is 9.78 Å². The van der Waals surface area contributed by atoms with Crippen molar-refractivity contribution in [3.63, 3.8) is 0 Å². The molecule has 2 aromatic carbocycles. The molecule has 0 atom stereocenters. The average molecular weight is 263 g/mol. The molecular formula is C16H13N3O. The number of aryl methyl sites for hydroxylation is 1. The molecular weight excluding hydrogens is 250 g/mol. The van der Waals surface area contributed by atoms with Crippen LogP contribution in [-0.2, 0) is 0 Å². The fraction of sp³-hybridized carbons (Fsp3) is 0.0625. The van der Waals surface area contributed by atoms with Crippen LogP contribution in [0.25, 0.3) is 10.8 Å². The number of rotatable bonds is 2. The molecule has 0 bridgehead atoms. The van der Waals surface area contributed by atoms with Crippen LogP contribution in [0.15, 0.2) is 54.9 Å². The third kappa shape index (κ3) is 2.49. The van der Waals surface area contributed by atoms with Crippen molar-refractivity contribution in [2.24, 2.45) is 0 Å². The van der Waals surface area contributed by atoms with Crippen molar-refractivity contribution in [1.29, 1.82) is 0 Å². The fourth-order valence-electron chi connectivity index (χ4n) is 1.98. The summed E-state index contributed by atoms with van der Waals surface area (Å²) >= 11 is 0. The number of nitrogens with zero attached hydrogens (tertiary/aromatic N) is 2. The minimum absolute atomic E-state index is 0.186. The monoisotopic (exact) mass is 263 g/mol. The minimum Gasteiger partial charge on any atom is -0.305 e. The number of nitrogens with one attached hydrogen (secondary N) is 1. The lowest BCUT2D eigenvalue weighted by Gasteiger charge is -2.05. The van der Waals surface area contributed by atoms with Gasteiger partial charge in [-0.1, -0.05) is 30.3 Å². The molecule has 3 aromatic rings. The van der Waals surface area contributed by atoms with Crippen molar-refractivity contribution in [3.05, 3.63) is 66.1 Å². The lowest BCUT2D eigenvalue weighted by molar-refractivity contribution is 0.102. The van der Waals surface area contributed by atoms with Gasteiger partial charge in [0.15, 0.2) is 5.82 Å². The molecule has 1 amide bonds. The summed E-state index contributed by atoms with van der Waals surface area (Å²) in [6, 6.07) is 13.5. The number of hydrogen-bond acceptors (Lipinski definition) is 3. The molecule has 98 valence electrons. The van der Waals surface area contributed by atoms with E-state index in [1.54, 1.807) is 18.5 Å². The molecule has 0 radical (unpaired) electrons. The molecule has 0 aliphatic heterocycles. The number of aromatic nitrogens is 2. The molecule has 1 heterocycles. The zero-order valence-electron chi connectivity index (χ0n) is 11.0. The van der Waals surface area contributed by atoms with Gasteiger partial charge in [-0.05, 0) is 29.8 Å². The molecule has 4 nitrogen and oxygen atoms in total. The quantitative estimate of drug-likeness (QED) is 0.772. The second-order valence-electron chi connectivity index (χ2n) is 4.56. The first-order chi connectivity index (χ1) is 9.72. The smallest absolute Gasteiger partial charge is 0.256 e. The zero-order valence-corrected chi connectivity index (χ0v) is 11.0. The molecule has 0 unspecified atom stereocenters. The maximum atomic E-state index is 12.2. The van der Waals surface area contributed by atoms with E-state index in [1.165, 1.54) is 0 Å². The lowest BCUT2D eigenvalue weighted by atomic mass is 10.1. The molecule has 1 aromatic heterocycles. The van der Waals surface area contributed by atoms with Crippen LogP contribution in [0.4, 0.5) is 5.82 Å². The van der Waals surface area contributed by atoms with Crippen molar-refractivity contribution in [1.82, 2.24) is 9.97 Å². The minimum atomic E-state index is -0.186. The third-order valence-electron chi connectivity index (χ3n) is 3.03. The summed E-state index contributed by atoms with van der Waals surface area (Å²) in [5, 5.41) is 4.89. The molecule has 0 aliphatic carbocycles. The molecule has 0 saturated carbocycles. The molecule has 0 saturated heterocycles. The summed E-state index contributed by atoms with van der Waals surface area (Å²) in [5.41, 5.74) is 1.42. The number of fused-ring (bicyclic) bond motifs is 1. The number of benzene rings is 2. The number of anilines is 1. The molecule has 4 heteroatoms. The first-order valence-corrected chi connectivity index (χ1v) is 6.31. The topological polar surface area (TPSA) is 54.9 Å². The largest absolute Gasteiger partial charge is 0.305 e. The van der Waals surface area contributed by atoms with Crippen LogP contribution in [0.3, 0.4) is 0 Å². The zero-order chi connectivity index (χ0) is 13.9. The fourth-order valence-corrected chi connectivity index (χ4v) is 1.98. The predicted octanol–water partition coefficient (Wildman–Crippen LogP) is 3.19. The summed E-state index contributed by atoms with van der Waals surface area (Å²) in [6.07, 6.45) is 3.17. The van der Waals surface area contributed by atoms with E-state index >= 15 is 0 Å². The van der Waals surface area contributed by atoms with Gasteiger partial charge in [0.05, 0.1) is 18.1 Å². The van der Waals surface area contributed by atoms with E-state index in [-0.39, 0.29) is 5.91 Å². The summed E-state index contributed by atoms with van der Waals surface area (Å²) in [4.78, 5) is 20.4. The number of amides is 1. The van der Waals surface area contributed by atoms with Crippen LogP contribution in [0.2, 0.25) is 0 Å². The molecule has 3 rings (SSSR count). The van der Waals surface area contributed by atoms with Gasteiger partial charge in [-0.25, -0.2) is 4.98 Å². The average Bonchev–Trinajstić information content (AvgIpc) is 2.49. The Kier molecular flexibility index (Phi) is 3.13. The molecule has 1 N–H and O–H groups in total. The van der Waals surface area contributed by atoms with Gasteiger partial charge in [-0.2, -0.15) is 0 Å². The van der Waals surface area contributed by atoms with E-state index in [0.29, 0.717) is 11.4 Å². The van der Waals surface area contributed by atoms with E-state index in [2.05, 4.69) is 15.3 Å². The second kappa shape index (κ2) is 5.09. The summed E-state index contributed by atoms with van der Waals surface area (Å²) < 4.78 is 0. The highest BCUT2D eigenvalue weighted by Crippen LogP contribution is 2.16. The normalized spacial score (nSPS) is 10.4. The van der Waals surface area contributed by atoms with E-state index in [9.17, 15) is 4.79 Å². The van der Waals surface area contributed by atoms with Crippen molar-refractivity contribution in [2.45, 2.75) is 6.92 Å². The molecule has 20 heavy (non-hydrogen) atoms. The first kappa shape index (κ1) is 12.3. The maximum absolute atomic E-state index is 12.2. The van der Waals surface area contributed by atoms with Crippen molar-refractivity contribution < 1.29 is 4.79 Å². The van der Waals surface area contributed by atoms with Crippen LogP contribution < -0.4 is 5.32 Å². The van der Waals surface area contributed by atoms with Gasteiger partial charge >= 0.3 is 0 Å². The van der Waals surface area contributed by atoms with Gasteiger partial charge in [0.25, 0.3) is 5.91 Å². The van der Waals surface area contributed by atoms with E-state index in [0.717, 1.165) is 16.5 Å². The Labute approximate surface area is 116 Å². The van der Waals surface area contributed by atoms with Crippen molar-refractivity contribution >= 4 is 22.5 Å². The summed E-state index contributed by atoms with van der Waals surface area (Å²) in [7, 11) is 0. The van der Waals surface area contributed by atoms with Gasteiger partial charge in [0, 0.05) is 5.56 Å². The van der Waals surface area contributed by atoms with Gasteiger partial charge in [0.1, 0.15) is 0 Å². The van der Waals surface area contributed by atoms with Crippen molar-refractivity contribution in [3.8, 4) is 0 Å². The summed E-state index contributed by atoms with van der Waals surface area (Å²) in [6.45, 7) is 1.85. The van der Waals surface area contributed by atoms with Gasteiger partial charge < -0.3 is 5.32 Å². The Morgan fingerprint density at radius 3 is 2.55 bits per heavy atom. The molecule has 0 aliphatic rings. The van der Waals surface area contributed by atoms with E-state index in [4.69, 9.17) is 0 Å². The molecule has 0 spiro atoms. The standard InChI is InChI=1S/C16H13N3O/c1-11-9-18-15(10-17-11)19-16(20)14-7-6-12-4-2-3-5-13(12)8-14/h2-10H,1H3,(H,18,19,20). The van der Waals surface area contributed by atoms with E-state index in [1.807, 2.05) is 43.3 Å². The first-order valence-electron chi connectivity index (χ1n) is 6.31. The Balaban J connectivity index is 1.86. The number of carbonyl (C=O) groups excluding carboxylic acids is 1. The molecule has 0 fully saturated rings. The van der Waals surface area contributed by atoms with Crippen LogP contribution in [-0.4, -0.2) is 15.9 Å². The Morgan fingerprint density at radius 1 is 1.00 bits per heavy atom. The highest BCUT2D eigenvalue weighted by atomic mass is 16.1. The SMILES string of the molecule is Cc1cnc(NC(=O)c2ccc3ccccc3c2)cn1. The van der Waals surface area contributed by atoms with Crippen LogP contribution in [0.5, 0.6) is 0 Å². The van der Waals surface area contributed by atoms with E-state index < -0.39 is 0 Å². The highest BCUT2D eigenvalue weighted by molar-refractivity contribution is 6.05. The Bertz CT molecular complexity index is 766. The van der Waals surface area contributed by atoms with Crippen LogP contribution >= 0.6 is 0 Å². The number of hydrogen-bond donors (Lipinski definition) is 1. The highest BCUT2D eigenvalue weighted by Gasteiger charge is 2.07. The lowest BCUT2D eigenvalue weighted by Crippen LogP contribution is -2.13. The predicted molar refractivity (Wildman–Crippen MR) is 78.7 cm³/mol. The Hall–Kier alpha value is -2.75. The Morgan fingerprint density at radius 2 is 1.80 bits per heavy atom. The third-order valence-corrected chi connectivity index (χ3v) is 3.03. The second-order valence-corrected chi connectivity index (χ2v) is 4.56. The summed E-state index contributed by atoms with van der Waals surface area (Å²) in [5.74, 6) is 0.266. The maximum Gasteiger partial charge on any atom is 0.256 e. The van der Waals surface area contributed by atoms with Crippen molar-refractivity contribution in [2.75, 3.05) is 5.32 Å². The number of carbonyl (C=O) groups is 1. The van der Waals surface area contributed by atoms with Gasteiger partial charge in [0.2, 0.25) is 0 Å². The van der Waals surface area contributed by atoms with Crippen LogP contribution in [0, 0.1) is 6.92 Å². The van der Waals surface area contributed by atoms with Gasteiger partial charge in [-0.15, -0.1) is 0 Å².